The third-order valence-electron chi connectivity index (χ3n) is 2.47. The smallest absolute Gasteiger partial charge is 0.335 e. The maximum absolute atomic E-state index is 10.8. The van der Waals surface area contributed by atoms with Crippen LogP contribution in [-0.2, 0) is 6.54 Å². The highest BCUT2D eigenvalue weighted by atomic mass is 16.4. The van der Waals surface area contributed by atoms with Crippen LogP contribution in [0.2, 0.25) is 0 Å². The highest BCUT2D eigenvalue weighted by molar-refractivity contribution is 5.87. The number of carboxylic acids is 1. The summed E-state index contributed by atoms with van der Waals surface area (Å²) in [6, 6.07) is 12.3. The Bertz CT molecular complexity index is 593. The van der Waals surface area contributed by atoms with Crippen LogP contribution < -0.4 is 0 Å². The van der Waals surface area contributed by atoms with Gasteiger partial charge in [0.2, 0.25) is 0 Å². The number of carboxylic acid groups (broad SMARTS) is 1. The summed E-state index contributed by atoms with van der Waals surface area (Å²) in [5, 5.41) is 17.7. The zero-order valence-corrected chi connectivity index (χ0v) is 9.00. The average molecular weight is 226 g/mol. The SMILES string of the molecule is N#Cc1cccn1Cc1cccc(C(=O)O)c1. The van der Waals surface area contributed by atoms with Gasteiger partial charge in [0.1, 0.15) is 11.8 Å². The molecule has 1 aromatic heterocycles. The summed E-state index contributed by atoms with van der Waals surface area (Å²) >= 11 is 0. The predicted molar refractivity (Wildman–Crippen MR) is 61.7 cm³/mol. The van der Waals surface area contributed by atoms with E-state index < -0.39 is 5.97 Å². The standard InChI is InChI=1S/C13H10N2O2/c14-8-12-5-2-6-15(12)9-10-3-1-4-11(7-10)13(16)17/h1-7H,9H2,(H,16,17). The van der Waals surface area contributed by atoms with E-state index in [9.17, 15) is 4.79 Å². The molecule has 0 spiro atoms. The largest absolute Gasteiger partial charge is 0.478 e. The lowest BCUT2D eigenvalue weighted by molar-refractivity contribution is 0.0696. The van der Waals surface area contributed by atoms with Crippen molar-refractivity contribution < 1.29 is 9.90 Å². The fourth-order valence-electron chi connectivity index (χ4n) is 1.65. The molecule has 84 valence electrons. The van der Waals surface area contributed by atoms with Gasteiger partial charge in [-0.2, -0.15) is 5.26 Å². The van der Waals surface area contributed by atoms with E-state index in [2.05, 4.69) is 6.07 Å². The molecular formula is C13H10N2O2. The van der Waals surface area contributed by atoms with Crippen LogP contribution in [0.3, 0.4) is 0 Å². The van der Waals surface area contributed by atoms with Crippen LogP contribution in [0.15, 0.2) is 42.6 Å². The van der Waals surface area contributed by atoms with E-state index in [4.69, 9.17) is 10.4 Å². The zero-order valence-electron chi connectivity index (χ0n) is 9.00. The van der Waals surface area contributed by atoms with Gasteiger partial charge in [-0.05, 0) is 29.8 Å². The van der Waals surface area contributed by atoms with Gasteiger partial charge in [-0.25, -0.2) is 4.79 Å². The molecule has 1 heterocycles. The molecule has 0 aliphatic carbocycles. The van der Waals surface area contributed by atoms with E-state index in [1.54, 1.807) is 41.1 Å². The molecule has 0 fully saturated rings. The van der Waals surface area contributed by atoms with E-state index in [0.29, 0.717) is 12.2 Å². The molecule has 0 radical (unpaired) electrons. The van der Waals surface area contributed by atoms with E-state index in [-0.39, 0.29) is 5.56 Å². The maximum atomic E-state index is 10.8. The molecule has 1 aromatic carbocycles. The van der Waals surface area contributed by atoms with Crippen molar-refractivity contribution in [3.63, 3.8) is 0 Å². The van der Waals surface area contributed by atoms with Gasteiger partial charge in [0.15, 0.2) is 0 Å². The van der Waals surface area contributed by atoms with Crippen molar-refractivity contribution in [3.8, 4) is 6.07 Å². The van der Waals surface area contributed by atoms with Crippen LogP contribution in [0, 0.1) is 11.3 Å². The van der Waals surface area contributed by atoms with Crippen molar-refractivity contribution in [1.82, 2.24) is 4.57 Å². The molecule has 0 saturated carbocycles. The molecule has 0 bridgehead atoms. The second-order valence-electron chi connectivity index (χ2n) is 3.64. The molecule has 4 heteroatoms. The Hall–Kier alpha value is -2.54. The van der Waals surface area contributed by atoms with Gasteiger partial charge >= 0.3 is 5.97 Å². The van der Waals surface area contributed by atoms with Crippen LogP contribution in [0.1, 0.15) is 21.6 Å². The monoisotopic (exact) mass is 226 g/mol. The molecule has 17 heavy (non-hydrogen) atoms. The lowest BCUT2D eigenvalue weighted by Gasteiger charge is -2.05. The number of hydrogen-bond acceptors (Lipinski definition) is 2. The van der Waals surface area contributed by atoms with Gasteiger partial charge in [0.25, 0.3) is 0 Å². The van der Waals surface area contributed by atoms with E-state index >= 15 is 0 Å². The number of nitriles is 1. The van der Waals surface area contributed by atoms with Gasteiger partial charge in [-0.3, -0.25) is 0 Å². The second-order valence-corrected chi connectivity index (χ2v) is 3.64. The molecule has 4 nitrogen and oxygen atoms in total. The molecular weight excluding hydrogens is 216 g/mol. The van der Waals surface area contributed by atoms with Crippen LogP contribution in [-0.4, -0.2) is 15.6 Å². The van der Waals surface area contributed by atoms with E-state index in [0.717, 1.165) is 5.56 Å². The summed E-state index contributed by atoms with van der Waals surface area (Å²) in [4.78, 5) is 10.8. The minimum absolute atomic E-state index is 0.258. The minimum Gasteiger partial charge on any atom is -0.478 e. The number of carbonyl (C=O) groups is 1. The molecule has 0 atom stereocenters. The van der Waals surface area contributed by atoms with Crippen LogP contribution >= 0.6 is 0 Å². The Kier molecular flexibility index (Phi) is 2.93. The van der Waals surface area contributed by atoms with Crippen molar-refractivity contribution in [2.45, 2.75) is 6.54 Å². The Morgan fingerprint density at radius 2 is 2.18 bits per heavy atom. The Labute approximate surface area is 98.4 Å². The number of benzene rings is 1. The molecule has 2 aromatic rings. The van der Waals surface area contributed by atoms with Gasteiger partial charge in [0.05, 0.1) is 5.56 Å². The van der Waals surface area contributed by atoms with E-state index in [1.165, 1.54) is 0 Å². The number of rotatable bonds is 3. The highest BCUT2D eigenvalue weighted by Gasteiger charge is 2.05. The van der Waals surface area contributed by atoms with Gasteiger partial charge in [0, 0.05) is 12.7 Å². The minimum atomic E-state index is -0.945. The lowest BCUT2D eigenvalue weighted by atomic mass is 10.1. The van der Waals surface area contributed by atoms with Crippen molar-refractivity contribution in [3.05, 3.63) is 59.4 Å². The van der Waals surface area contributed by atoms with E-state index in [1.807, 2.05) is 6.07 Å². The normalized spacial score (nSPS) is 9.82. The van der Waals surface area contributed by atoms with Crippen LogP contribution in [0.5, 0.6) is 0 Å². The maximum Gasteiger partial charge on any atom is 0.335 e. The Morgan fingerprint density at radius 1 is 1.35 bits per heavy atom. The first-order chi connectivity index (χ1) is 8.20. The third-order valence-corrected chi connectivity index (χ3v) is 2.47. The van der Waals surface area contributed by atoms with Crippen molar-refractivity contribution >= 4 is 5.97 Å². The predicted octanol–water partition coefficient (Wildman–Crippen LogP) is 2.11. The Balaban J connectivity index is 2.28. The van der Waals surface area contributed by atoms with Crippen molar-refractivity contribution in [2.75, 3.05) is 0 Å². The molecule has 0 saturated heterocycles. The molecule has 0 unspecified atom stereocenters. The van der Waals surface area contributed by atoms with Crippen LogP contribution in [0.4, 0.5) is 0 Å². The number of aromatic carboxylic acids is 1. The fourth-order valence-corrected chi connectivity index (χ4v) is 1.65. The fraction of sp³-hybridized carbons (Fsp3) is 0.0769. The lowest BCUT2D eigenvalue weighted by Crippen LogP contribution is -2.03. The summed E-state index contributed by atoms with van der Waals surface area (Å²) in [6.45, 7) is 0.497. The van der Waals surface area contributed by atoms with Gasteiger partial charge in [-0.15, -0.1) is 0 Å². The molecule has 0 aliphatic heterocycles. The molecule has 1 N–H and O–H groups in total. The van der Waals surface area contributed by atoms with Crippen molar-refractivity contribution in [1.29, 1.82) is 5.26 Å². The number of aromatic nitrogens is 1. The average Bonchev–Trinajstić information content (AvgIpc) is 2.76. The molecule has 0 amide bonds. The summed E-state index contributed by atoms with van der Waals surface area (Å²) in [6.07, 6.45) is 1.80. The van der Waals surface area contributed by atoms with Gasteiger partial charge < -0.3 is 9.67 Å². The van der Waals surface area contributed by atoms with Crippen molar-refractivity contribution in [2.24, 2.45) is 0 Å². The molecule has 0 aliphatic rings. The first kappa shape index (κ1) is 11.0. The summed E-state index contributed by atoms with van der Waals surface area (Å²) in [5.74, 6) is -0.945. The first-order valence-corrected chi connectivity index (χ1v) is 5.08. The summed E-state index contributed by atoms with van der Waals surface area (Å²) in [7, 11) is 0. The third kappa shape index (κ3) is 2.34. The topological polar surface area (TPSA) is 66.0 Å². The quantitative estimate of drug-likeness (QED) is 0.871. The highest BCUT2D eigenvalue weighted by Crippen LogP contribution is 2.09. The second kappa shape index (κ2) is 4.54. The number of nitrogens with zero attached hydrogens (tertiary/aromatic N) is 2. The first-order valence-electron chi connectivity index (χ1n) is 5.08. The van der Waals surface area contributed by atoms with Gasteiger partial charge in [-0.1, -0.05) is 12.1 Å². The summed E-state index contributed by atoms with van der Waals surface area (Å²) in [5.41, 5.74) is 1.68. The number of hydrogen-bond donors (Lipinski definition) is 1. The molecule has 2 rings (SSSR count). The summed E-state index contributed by atoms with van der Waals surface area (Å²) < 4.78 is 1.78. The van der Waals surface area contributed by atoms with Crippen LogP contribution in [0.25, 0.3) is 0 Å². The zero-order chi connectivity index (χ0) is 12.3. The Morgan fingerprint density at radius 3 is 2.88 bits per heavy atom.